The molecule has 1 aliphatic carbocycles. The van der Waals surface area contributed by atoms with E-state index in [1.54, 1.807) is 6.92 Å². The molecule has 1 rings (SSSR count). The third-order valence-electron chi connectivity index (χ3n) is 3.84. The second kappa shape index (κ2) is 8.82. The van der Waals surface area contributed by atoms with Crippen molar-refractivity contribution in [3.05, 3.63) is 0 Å². The largest absolute Gasteiger partial charge is 0.481 e. The Balaban J connectivity index is 1.97. The van der Waals surface area contributed by atoms with E-state index in [1.807, 2.05) is 6.92 Å². The van der Waals surface area contributed by atoms with Gasteiger partial charge in [0.05, 0.1) is 5.92 Å². The van der Waals surface area contributed by atoms with Crippen LogP contribution in [0.4, 0.5) is 4.79 Å². The highest BCUT2D eigenvalue weighted by Gasteiger charge is 2.20. The van der Waals surface area contributed by atoms with Crippen LogP contribution in [-0.2, 0) is 4.79 Å². The zero-order valence-electron chi connectivity index (χ0n) is 12.7. The van der Waals surface area contributed by atoms with E-state index in [-0.39, 0.29) is 18.0 Å². The van der Waals surface area contributed by atoms with E-state index in [0.29, 0.717) is 6.42 Å². The van der Waals surface area contributed by atoms with Crippen molar-refractivity contribution in [1.82, 2.24) is 10.6 Å². The molecule has 2 unspecified atom stereocenters. The van der Waals surface area contributed by atoms with Gasteiger partial charge in [-0.15, -0.1) is 0 Å². The molecular weight excluding hydrogens is 256 g/mol. The first-order valence-electron chi connectivity index (χ1n) is 7.76. The Morgan fingerprint density at radius 3 is 2.50 bits per heavy atom. The topological polar surface area (TPSA) is 78.4 Å². The molecule has 2 amide bonds. The van der Waals surface area contributed by atoms with Crippen molar-refractivity contribution in [2.45, 2.75) is 64.8 Å². The molecule has 0 heterocycles. The van der Waals surface area contributed by atoms with Gasteiger partial charge in [-0.05, 0) is 38.5 Å². The van der Waals surface area contributed by atoms with Gasteiger partial charge in [-0.3, -0.25) is 4.79 Å². The van der Waals surface area contributed by atoms with Crippen LogP contribution in [0.2, 0.25) is 0 Å². The summed E-state index contributed by atoms with van der Waals surface area (Å²) in [5.41, 5.74) is 0. The van der Waals surface area contributed by atoms with Crippen molar-refractivity contribution >= 4 is 12.0 Å². The average Bonchev–Trinajstić information content (AvgIpc) is 3.18. The number of hydrogen-bond acceptors (Lipinski definition) is 2. The number of rotatable bonds is 10. The van der Waals surface area contributed by atoms with Crippen LogP contribution in [0.3, 0.4) is 0 Å². The van der Waals surface area contributed by atoms with Crippen LogP contribution in [0.1, 0.15) is 58.8 Å². The molecule has 1 fully saturated rings. The number of carbonyl (C=O) groups excluding carboxylic acids is 1. The summed E-state index contributed by atoms with van der Waals surface area (Å²) < 4.78 is 0. The molecule has 0 aromatic carbocycles. The Kier molecular flexibility index (Phi) is 7.41. The molecule has 0 aliphatic heterocycles. The van der Waals surface area contributed by atoms with Gasteiger partial charge in [-0.25, -0.2) is 4.79 Å². The van der Waals surface area contributed by atoms with E-state index < -0.39 is 5.97 Å². The molecule has 0 aromatic rings. The number of nitrogens with one attached hydrogen (secondary N) is 2. The first-order valence-corrected chi connectivity index (χ1v) is 7.76. The van der Waals surface area contributed by atoms with Gasteiger partial charge < -0.3 is 15.7 Å². The summed E-state index contributed by atoms with van der Waals surface area (Å²) in [7, 11) is 0. The zero-order valence-corrected chi connectivity index (χ0v) is 12.7. The fraction of sp³-hybridized carbons (Fsp3) is 0.867. The molecule has 1 saturated carbocycles. The van der Waals surface area contributed by atoms with E-state index in [9.17, 15) is 9.59 Å². The van der Waals surface area contributed by atoms with E-state index in [4.69, 9.17) is 5.11 Å². The maximum Gasteiger partial charge on any atom is 0.314 e. The summed E-state index contributed by atoms with van der Waals surface area (Å²) in [6.07, 6.45) is 7.29. The van der Waals surface area contributed by atoms with Crippen molar-refractivity contribution < 1.29 is 14.7 Å². The van der Waals surface area contributed by atoms with E-state index in [2.05, 4.69) is 10.6 Å². The molecule has 5 nitrogen and oxygen atoms in total. The highest BCUT2D eigenvalue weighted by Crippen LogP contribution is 2.33. The molecule has 20 heavy (non-hydrogen) atoms. The quantitative estimate of drug-likeness (QED) is 0.540. The van der Waals surface area contributed by atoms with Crippen LogP contribution in [0, 0.1) is 11.8 Å². The number of amides is 2. The van der Waals surface area contributed by atoms with Crippen molar-refractivity contribution in [2.24, 2.45) is 11.8 Å². The van der Waals surface area contributed by atoms with Gasteiger partial charge in [0.2, 0.25) is 0 Å². The minimum absolute atomic E-state index is 0.0828. The maximum absolute atomic E-state index is 11.6. The normalized spacial score (nSPS) is 17.3. The summed E-state index contributed by atoms with van der Waals surface area (Å²) in [4.78, 5) is 22.3. The Bertz CT molecular complexity index is 316. The van der Waals surface area contributed by atoms with Crippen molar-refractivity contribution in [3.63, 3.8) is 0 Å². The zero-order chi connectivity index (χ0) is 15.0. The maximum atomic E-state index is 11.6. The highest BCUT2D eigenvalue weighted by molar-refractivity contribution is 5.74. The SMILES string of the molecule is CC(CCCC(C)C(=O)O)NC(=O)NCCCC1CC1. The molecule has 0 aromatic heterocycles. The number of hydrogen-bond donors (Lipinski definition) is 3. The predicted octanol–water partition coefficient (Wildman–Crippen LogP) is 2.76. The number of carboxylic acid groups (broad SMARTS) is 1. The lowest BCUT2D eigenvalue weighted by molar-refractivity contribution is -0.141. The van der Waals surface area contributed by atoms with Crippen LogP contribution in [0.25, 0.3) is 0 Å². The Morgan fingerprint density at radius 1 is 1.20 bits per heavy atom. The van der Waals surface area contributed by atoms with Crippen molar-refractivity contribution in [2.75, 3.05) is 6.54 Å². The van der Waals surface area contributed by atoms with Gasteiger partial charge in [-0.1, -0.05) is 26.2 Å². The summed E-state index contributed by atoms with van der Waals surface area (Å²) >= 11 is 0. The molecule has 0 saturated heterocycles. The average molecular weight is 284 g/mol. The molecule has 3 N–H and O–H groups in total. The molecule has 116 valence electrons. The van der Waals surface area contributed by atoms with Crippen LogP contribution < -0.4 is 10.6 Å². The summed E-state index contributed by atoms with van der Waals surface area (Å²) in [5, 5.41) is 14.5. The molecule has 1 aliphatic rings. The highest BCUT2D eigenvalue weighted by atomic mass is 16.4. The van der Waals surface area contributed by atoms with Crippen LogP contribution in [0.15, 0.2) is 0 Å². The number of carbonyl (C=O) groups is 2. The number of aliphatic carboxylic acids is 1. The number of urea groups is 1. The smallest absolute Gasteiger partial charge is 0.314 e. The van der Waals surface area contributed by atoms with Crippen molar-refractivity contribution in [1.29, 1.82) is 0 Å². The molecule has 0 radical (unpaired) electrons. The van der Waals surface area contributed by atoms with Crippen LogP contribution in [0.5, 0.6) is 0 Å². The minimum atomic E-state index is -0.751. The van der Waals surface area contributed by atoms with Gasteiger partial charge in [0.15, 0.2) is 0 Å². The van der Waals surface area contributed by atoms with Crippen LogP contribution in [-0.4, -0.2) is 29.7 Å². The summed E-state index contributed by atoms with van der Waals surface area (Å²) in [5.74, 6) is -0.146. The Hall–Kier alpha value is -1.26. The van der Waals surface area contributed by atoms with E-state index >= 15 is 0 Å². The van der Waals surface area contributed by atoms with E-state index in [0.717, 1.165) is 31.7 Å². The lowest BCUT2D eigenvalue weighted by Gasteiger charge is -2.15. The number of carboxylic acids is 1. The van der Waals surface area contributed by atoms with Gasteiger partial charge in [-0.2, -0.15) is 0 Å². The van der Waals surface area contributed by atoms with Gasteiger partial charge >= 0.3 is 12.0 Å². The van der Waals surface area contributed by atoms with E-state index in [1.165, 1.54) is 19.3 Å². The molecular formula is C15H28N2O3. The fourth-order valence-electron chi connectivity index (χ4n) is 2.20. The second-order valence-corrected chi connectivity index (χ2v) is 6.06. The third-order valence-corrected chi connectivity index (χ3v) is 3.84. The molecule has 2 atom stereocenters. The molecule has 5 heteroatoms. The third kappa shape index (κ3) is 8.02. The first-order chi connectivity index (χ1) is 9.49. The van der Waals surface area contributed by atoms with Crippen molar-refractivity contribution in [3.8, 4) is 0 Å². The molecule has 0 spiro atoms. The van der Waals surface area contributed by atoms with Gasteiger partial charge in [0, 0.05) is 12.6 Å². The van der Waals surface area contributed by atoms with Gasteiger partial charge in [0.25, 0.3) is 0 Å². The monoisotopic (exact) mass is 284 g/mol. The Morgan fingerprint density at radius 2 is 1.90 bits per heavy atom. The standard InChI is InChI=1S/C15H28N2O3/c1-11(14(18)19)5-3-6-12(2)17-15(20)16-10-4-7-13-8-9-13/h11-13H,3-10H2,1-2H3,(H,18,19)(H2,16,17,20). The predicted molar refractivity (Wildman–Crippen MR) is 78.6 cm³/mol. The first kappa shape index (κ1) is 16.8. The van der Waals surface area contributed by atoms with Gasteiger partial charge in [0.1, 0.15) is 0 Å². The summed E-state index contributed by atoms with van der Waals surface area (Å²) in [6.45, 7) is 4.41. The fourth-order valence-corrected chi connectivity index (χ4v) is 2.20. The summed E-state index contributed by atoms with van der Waals surface area (Å²) in [6, 6.07) is -0.0287. The minimum Gasteiger partial charge on any atom is -0.481 e. The lowest BCUT2D eigenvalue weighted by Crippen LogP contribution is -2.41. The Labute approximate surface area is 121 Å². The lowest BCUT2D eigenvalue weighted by atomic mass is 10.0. The second-order valence-electron chi connectivity index (χ2n) is 6.06. The molecule has 0 bridgehead atoms. The van der Waals surface area contributed by atoms with Crippen LogP contribution >= 0.6 is 0 Å².